The van der Waals surface area contributed by atoms with Crippen LogP contribution in [-0.4, -0.2) is 58.9 Å². The smallest absolute Gasteiger partial charge is 0.255 e. The van der Waals surface area contributed by atoms with E-state index in [0.29, 0.717) is 30.9 Å². The number of piperazine rings is 1. The van der Waals surface area contributed by atoms with E-state index in [2.05, 4.69) is 27.9 Å². The van der Waals surface area contributed by atoms with E-state index in [0.717, 1.165) is 36.5 Å². The minimum atomic E-state index is -0.0157. The molecule has 2 saturated heterocycles. The summed E-state index contributed by atoms with van der Waals surface area (Å²) in [5, 5.41) is 0. The van der Waals surface area contributed by atoms with Gasteiger partial charge in [-0.25, -0.2) is 9.97 Å². The molecule has 2 aliphatic heterocycles. The number of pyridine rings is 2. The average molecular weight is 393 g/mol. The van der Waals surface area contributed by atoms with Gasteiger partial charge in [0.1, 0.15) is 11.6 Å². The normalized spacial score (nSPS) is 19.8. The number of amides is 2. The molecule has 0 radical (unpaired) electrons. The first kappa shape index (κ1) is 19.4. The van der Waals surface area contributed by atoms with Gasteiger partial charge in [-0.05, 0) is 50.5 Å². The van der Waals surface area contributed by atoms with Crippen molar-refractivity contribution in [2.24, 2.45) is 0 Å². The minimum absolute atomic E-state index is 0.0157. The highest BCUT2D eigenvalue weighted by Gasteiger charge is 2.30. The van der Waals surface area contributed by atoms with E-state index < -0.39 is 0 Å². The number of carbonyl (C=O) groups excluding carboxylic acids is 2. The first-order valence-corrected chi connectivity index (χ1v) is 10.2. The van der Waals surface area contributed by atoms with Gasteiger partial charge in [-0.1, -0.05) is 6.07 Å². The van der Waals surface area contributed by atoms with E-state index in [4.69, 9.17) is 0 Å². The number of hydrogen-bond acceptors (Lipinski definition) is 5. The lowest BCUT2D eigenvalue weighted by atomic mass is 10.2. The van der Waals surface area contributed by atoms with Crippen molar-refractivity contribution in [3.63, 3.8) is 0 Å². The number of aromatic nitrogens is 2. The van der Waals surface area contributed by atoms with Gasteiger partial charge in [0.15, 0.2) is 0 Å². The molecule has 2 aromatic rings. The van der Waals surface area contributed by atoms with Crippen LogP contribution in [0.5, 0.6) is 0 Å². The Hall–Kier alpha value is -2.96. The highest BCUT2D eigenvalue weighted by molar-refractivity contribution is 5.97. The molecule has 4 heterocycles. The van der Waals surface area contributed by atoms with Crippen LogP contribution in [0.4, 0.5) is 11.6 Å². The summed E-state index contributed by atoms with van der Waals surface area (Å²) in [5.41, 5.74) is 2.88. The van der Waals surface area contributed by atoms with E-state index in [1.807, 2.05) is 24.9 Å². The molecule has 0 aromatic carbocycles. The fraction of sp³-hybridized carbons (Fsp3) is 0.455. The summed E-state index contributed by atoms with van der Waals surface area (Å²) in [4.78, 5) is 39.7. The maximum atomic E-state index is 12.9. The zero-order valence-electron chi connectivity index (χ0n) is 17.3. The molecule has 0 unspecified atom stereocenters. The zero-order valence-corrected chi connectivity index (χ0v) is 17.3. The molecule has 0 N–H and O–H groups in total. The van der Waals surface area contributed by atoms with Crippen molar-refractivity contribution in [3.05, 3.63) is 47.3 Å². The fourth-order valence-corrected chi connectivity index (χ4v) is 4.18. The largest absolute Gasteiger partial charge is 0.353 e. The van der Waals surface area contributed by atoms with Crippen LogP contribution >= 0.6 is 0 Å². The Kier molecular flexibility index (Phi) is 5.22. The second-order valence-electron chi connectivity index (χ2n) is 7.99. The van der Waals surface area contributed by atoms with Crippen LogP contribution in [0.15, 0.2) is 30.6 Å². The van der Waals surface area contributed by atoms with Gasteiger partial charge in [-0.15, -0.1) is 0 Å². The number of anilines is 2. The van der Waals surface area contributed by atoms with Gasteiger partial charge in [0, 0.05) is 51.0 Å². The topological polar surface area (TPSA) is 69.6 Å². The molecule has 0 bridgehead atoms. The lowest BCUT2D eigenvalue weighted by Crippen LogP contribution is -2.49. The molecule has 1 atom stereocenters. The molecule has 2 fully saturated rings. The summed E-state index contributed by atoms with van der Waals surface area (Å²) < 4.78 is 0. The Labute approximate surface area is 171 Å². The molecule has 7 heteroatoms. The maximum absolute atomic E-state index is 12.9. The summed E-state index contributed by atoms with van der Waals surface area (Å²) in [6, 6.07) is 5.85. The Morgan fingerprint density at radius 3 is 2.41 bits per heavy atom. The first-order valence-electron chi connectivity index (χ1n) is 10.2. The lowest BCUT2D eigenvalue weighted by Gasteiger charge is -2.36. The van der Waals surface area contributed by atoms with Gasteiger partial charge in [0.05, 0.1) is 5.56 Å². The third-order valence-electron chi connectivity index (χ3n) is 5.78. The number of rotatable bonds is 3. The van der Waals surface area contributed by atoms with Gasteiger partial charge in [0.2, 0.25) is 5.91 Å². The molecule has 0 aliphatic carbocycles. The van der Waals surface area contributed by atoms with E-state index in [-0.39, 0.29) is 17.9 Å². The van der Waals surface area contributed by atoms with Gasteiger partial charge in [0.25, 0.3) is 5.91 Å². The lowest BCUT2D eigenvalue weighted by molar-refractivity contribution is -0.117. The molecule has 4 rings (SSSR count). The summed E-state index contributed by atoms with van der Waals surface area (Å²) in [7, 11) is 0. The predicted molar refractivity (Wildman–Crippen MR) is 112 cm³/mol. The first-order chi connectivity index (χ1) is 13.9. The van der Waals surface area contributed by atoms with Gasteiger partial charge >= 0.3 is 0 Å². The summed E-state index contributed by atoms with van der Waals surface area (Å²) >= 11 is 0. The van der Waals surface area contributed by atoms with Crippen molar-refractivity contribution in [1.82, 2.24) is 14.9 Å². The molecule has 2 aromatic heterocycles. The van der Waals surface area contributed by atoms with Crippen molar-refractivity contribution in [1.29, 1.82) is 0 Å². The second kappa shape index (κ2) is 7.81. The third kappa shape index (κ3) is 3.81. The van der Waals surface area contributed by atoms with Crippen molar-refractivity contribution in [3.8, 4) is 0 Å². The molecular formula is C22H27N5O2. The maximum Gasteiger partial charge on any atom is 0.255 e. The highest BCUT2D eigenvalue weighted by Crippen LogP contribution is 2.25. The van der Waals surface area contributed by atoms with Crippen LogP contribution in [0.3, 0.4) is 0 Å². The molecule has 0 spiro atoms. The minimum Gasteiger partial charge on any atom is -0.353 e. The number of carbonyl (C=O) groups is 2. The van der Waals surface area contributed by atoms with Gasteiger partial charge in [-0.2, -0.15) is 0 Å². The van der Waals surface area contributed by atoms with E-state index in [9.17, 15) is 9.59 Å². The summed E-state index contributed by atoms with van der Waals surface area (Å²) in [6.07, 6.45) is 4.89. The molecule has 7 nitrogen and oxygen atoms in total. The van der Waals surface area contributed by atoms with Crippen LogP contribution in [0.1, 0.15) is 41.3 Å². The molecule has 2 aliphatic rings. The molecule has 0 saturated carbocycles. The van der Waals surface area contributed by atoms with E-state index >= 15 is 0 Å². The molecule has 29 heavy (non-hydrogen) atoms. The Morgan fingerprint density at radius 2 is 1.83 bits per heavy atom. The van der Waals surface area contributed by atoms with Crippen LogP contribution in [0.2, 0.25) is 0 Å². The van der Waals surface area contributed by atoms with Crippen molar-refractivity contribution in [2.45, 2.75) is 39.7 Å². The molecule has 152 valence electrons. The Balaban J connectivity index is 1.40. The number of nitrogens with zero attached hydrogens (tertiary/aromatic N) is 5. The number of hydrogen-bond donors (Lipinski definition) is 0. The Morgan fingerprint density at radius 1 is 1.07 bits per heavy atom. The highest BCUT2D eigenvalue weighted by atomic mass is 16.2. The van der Waals surface area contributed by atoms with Crippen LogP contribution < -0.4 is 9.80 Å². The predicted octanol–water partition coefficient (Wildman–Crippen LogP) is 2.57. The standard InChI is InChI=1S/C22H27N5O2/c1-15-12-16(2)21(24-13-15)25-8-10-26(11-9-25)22(29)18-5-6-19(23-14-18)27-17(3)4-7-20(27)28/h5-6,12-14,17H,4,7-11H2,1-3H3/t17-/m1/s1. The molecular weight excluding hydrogens is 366 g/mol. The van der Waals surface area contributed by atoms with Gasteiger partial charge < -0.3 is 9.80 Å². The van der Waals surface area contributed by atoms with Crippen LogP contribution in [0, 0.1) is 13.8 Å². The number of aryl methyl sites for hydroxylation is 2. The zero-order chi connectivity index (χ0) is 20.5. The quantitative estimate of drug-likeness (QED) is 0.802. The monoisotopic (exact) mass is 393 g/mol. The SMILES string of the molecule is Cc1cnc(N2CCN(C(=O)c3ccc(N4C(=O)CC[C@H]4C)nc3)CC2)c(C)c1. The second-order valence-corrected chi connectivity index (χ2v) is 7.99. The summed E-state index contributed by atoms with van der Waals surface area (Å²) in [5.74, 6) is 1.71. The molecule has 2 amide bonds. The fourth-order valence-electron chi connectivity index (χ4n) is 4.18. The third-order valence-corrected chi connectivity index (χ3v) is 5.78. The Bertz CT molecular complexity index is 919. The average Bonchev–Trinajstić information content (AvgIpc) is 3.06. The summed E-state index contributed by atoms with van der Waals surface area (Å²) in [6.45, 7) is 8.96. The van der Waals surface area contributed by atoms with Crippen molar-refractivity contribution in [2.75, 3.05) is 36.0 Å². The van der Waals surface area contributed by atoms with Crippen LogP contribution in [0.25, 0.3) is 0 Å². The van der Waals surface area contributed by atoms with Crippen molar-refractivity contribution < 1.29 is 9.59 Å². The van der Waals surface area contributed by atoms with Gasteiger partial charge in [-0.3, -0.25) is 14.5 Å². The van der Waals surface area contributed by atoms with E-state index in [1.54, 1.807) is 23.2 Å². The van der Waals surface area contributed by atoms with E-state index in [1.165, 1.54) is 0 Å². The van der Waals surface area contributed by atoms with Crippen LogP contribution in [-0.2, 0) is 4.79 Å². The van der Waals surface area contributed by atoms with Crippen molar-refractivity contribution >= 4 is 23.5 Å².